The van der Waals surface area contributed by atoms with Crippen LogP contribution in [0.4, 0.5) is 0 Å². The van der Waals surface area contributed by atoms with Gasteiger partial charge in [-0.05, 0) is 26.7 Å². The topological polar surface area (TPSA) is 119 Å². The first-order chi connectivity index (χ1) is 9.73. The molecule has 2 rings (SSSR count). The molecule has 21 heavy (non-hydrogen) atoms. The molecule has 1 aromatic rings. The molecular weight excluding hydrogens is 296 g/mol. The van der Waals surface area contributed by atoms with Crippen LogP contribution in [0, 0.1) is 13.8 Å². The van der Waals surface area contributed by atoms with E-state index in [4.69, 9.17) is 10.8 Å². The Labute approximate surface area is 123 Å². The first-order valence-corrected chi connectivity index (χ1v) is 8.19. The van der Waals surface area contributed by atoms with Crippen LogP contribution in [0.15, 0.2) is 4.90 Å². The molecule has 0 aliphatic carbocycles. The molecule has 9 heteroatoms. The zero-order valence-electron chi connectivity index (χ0n) is 12.1. The van der Waals surface area contributed by atoms with Crippen molar-refractivity contribution < 1.29 is 18.3 Å². The Hall–Kier alpha value is -1.45. The summed E-state index contributed by atoms with van der Waals surface area (Å²) in [6.07, 6.45) is 1.53. The number of rotatable bonds is 4. The van der Waals surface area contributed by atoms with E-state index >= 15 is 0 Å². The van der Waals surface area contributed by atoms with Gasteiger partial charge in [0.05, 0.1) is 11.4 Å². The molecule has 0 amide bonds. The highest BCUT2D eigenvalue weighted by molar-refractivity contribution is 7.89. The summed E-state index contributed by atoms with van der Waals surface area (Å²) in [5.74, 6) is -1.07. The number of nitrogens with two attached hydrogens (primary N) is 1. The summed E-state index contributed by atoms with van der Waals surface area (Å²) < 4.78 is 28.1. The Kier molecular flexibility index (Phi) is 4.35. The lowest BCUT2D eigenvalue weighted by Crippen LogP contribution is -2.45. The number of nitrogens with zero attached hydrogens (tertiary/aromatic N) is 3. The van der Waals surface area contributed by atoms with Gasteiger partial charge in [0.25, 0.3) is 0 Å². The molecular formula is C12H20N4O4S. The largest absolute Gasteiger partial charge is 0.480 e. The quantitative estimate of drug-likeness (QED) is 0.787. The van der Waals surface area contributed by atoms with Gasteiger partial charge >= 0.3 is 5.97 Å². The van der Waals surface area contributed by atoms with Gasteiger partial charge in [-0.3, -0.25) is 9.48 Å². The molecule has 0 spiro atoms. The van der Waals surface area contributed by atoms with Crippen molar-refractivity contribution >= 4 is 16.0 Å². The first-order valence-electron chi connectivity index (χ1n) is 6.75. The van der Waals surface area contributed by atoms with Crippen molar-refractivity contribution in [3.63, 3.8) is 0 Å². The number of aromatic nitrogens is 2. The van der Waals surface area contributed by atoms with Crippen LogP contribution in [0.25, 0.3) is 0 Å². The standard InChI is InChI=1S/C12H20N4O4S/c1-8-12(9(2)16(14-8)7-11(17)18)21(19,20)15-5-3-4-10(13)6-15/h10H,3-7,13H2,1-2H3,(H,17,18). The van der Waals surface area contributed by atoms with E-state index in [1.54, 1.807) is 13.8 Å². The maximum absolute atomic E-state index is 12.7. The Morgan fingerprint density at radius 2 is 2.14 bits per heavy atom. The summed E-state index contributed by atoms with van der Waals surface area (Å²) >= 11 is 0. The predicted molar refractivity (Wildman–Crippen MR) is 75.3 cm³/mol. The van der Waals surface area contributed by atoms with Crippen LogP contribution in [-0.2, 0) is 21.4 Å². The van der Waals surface area contributed by atoms with Crippen LogP contribution in [0.1, 0.15) is 24.2 Å². The van der Waals surface area contributed by atoms with Crippen LogP contribution in [0.5, 0.6) is 0 Å². The van der Waals surface area contributed by atoms with Crippen molar-refractivity contribution in [2.45, 2.75) is 44.2 Å². The summed E-state index contributed by atoms with van der Waals surface area (Å²) in [5.41, 5.74) is 6.50. The number of piperidine rings is 1. The van der Waals surface area contributed by atoms with Crippen LogP contribution >= 0.6 is 0 Å². The van der Waals surface area contributed by atoms with Crippen molar-refractivity contribution in [1.29, 1.82) is 0 Å². The van der Waals surface area contributed by atoms with Crippen molar-refractivity contribution in [2.24, 2.45) is 5.73 Å². The van der Waals surface area contributed by atoms with Gasteiger partial charge in [0.15, 0.2) is 0 Å². The van der Waals surface area contributed by atoms with Gasteiger partial charge in [0.2, 0.25) is 10.0 Å². The fraction of sp³-hybridized carbons (Fsp3) is 0.667. The summed E-state index contributed by atoms with van der Waals surface area (Å²) in [6, 6.07) is -0.164. The number of sulfonamides is 1. The smallest absolute Gasteiger partial charge is 0.325 e. The second kappa shape index (κ2) is 5.74. The van der Waals surface area contributed by atoms with Gasteiger partial charge in [-0.15, -0.1) is 0 Å². The Balaban J connectivity index is 2.40. The van der Waals surface area contributed by atoms with Crippen molar-refractivity contribution in [2.75, 3.05) is 13.1 Å². The third kappa shape index (κ3) is 3.09. The third-order valence-electron chi connectivity index (χ3n) is 3.62. The fourth-order valence-corrected chi connectivity index (χ4v) is 4.57. The molecule has 1 aromatic heterocycles. The van der Waals surface area contributed by atoms with Crippen LogP contribution in [0.2, 0.25) is 0 Å². The molecule has 0 saturated carbocycles. The molecule has 118 valence electrons. The predicted octanol–water partition coefficient (Wildman–Crippen LogP) is -0.304. The van der Waals surface area contributed by atoms with Crippen LogP contribution in [-0.4, -0.2) is 52.7 Å². The van der Waals surface area contributed by atoms with Gasteiger partial charge in [0.1, 0.15) is 11.4 Å². The number of hydrogen-bond acceptors (Lipinski definition) is 5. The first kappa shape index (κ1) is 15.9. The second-order valence-corrected chi connectivity index (χ2v) is 7.19. The van der Waals surface area contributed by atoms with Gasteiger partial charge in [-0.25, -0.2) is 8.42 Å². The molecule has 1 aliphatic heterocycles. The maximum atomic E-state index is 12.7. The average Bonchev–Trinajstić information content (AvgIpc) is 2.64. The molecule has 0 radical (unpaired) electrons. The zero-order valence-corrected chi connectivity index (χ0v) is 12.9. The molecule has 3 N–H and O–H groups in total. The number of hydrogen-bond donors (Lipinski definition) is 2. The molecule has 8 nitrogen and oxygen atoms in total. The highest BCUT2D eigenvalue weighted by Gasteiger charge is 2.33. The van der Waals surface area contributed by atoms with Gasteiger partial charge in [-0.1, -0.05) is 0 Å². The van der Waals surface area contributed by atoms with Crippen molar-refractivity contribution in [3.05, 3.63) is 11.4 Å². The lowest BCUT2D eigenvalue weighted by atomic mass is 10.1. The van der Waals surface area contributed by atoms with E-state index < -0.39 is 16.0 Å². The number of carbonyl (C=O) groups is 1. The van der Waals surface area contributed by atoms with Crippen LogP contribution in [0.3, 0.4) is 0 Å². The minimum atomic E-state index is -3.69. The zero-order chi connectivity index (χ0) is 15.8. The fourth-order valence-electron chi connectivity index (χ4n) is 2.66. The van der Waals surface area contributed by atoms with Gasteiger partial charge in [-0.2, -0.15) is 9.40 Å². The van der Waals surface area contributed by atoms with E-state index in [9.17, 15) is 13.2 Å². The monoisotopic (exact) mass is 316 g/mol. The molecule has 1 aliphatic rings. The molecule has 0 bridgehead atoms. The van der Waals surface area contributed by atoms with Gasteiger partial charge in [0, 0.05) is 19.1 Å². The molecule has 0 aromatic carbocycles. The summed E-state index contributed by atoms with van der Waals surface area (Å²) in [5, 5.41) is 12.9. The van der Waals surface area contributed by atoms with E-state index in [1.807, 2.05) is 0 Å². The Morgan fingerprint density at radius 1 is 1.48 bits per heavy atom. The minimum absolute atomic E-state index is 0.0952. The molecule has 1 saturated heterocycles. The van der Waals surface area contributed by atoms with E-state index in [1.165, 1.54) is 8.99 Å². The van der Waals surface area contributed by atoms with Crippen molar-refractivity contribution in [3.8, 4) is 0 Å². The van der Waals surface area contributed by atoms with Crippen LogP contribution < -0.4 is 5.73 Å². The molecule has 1 unspecified atom stereocenters. The molecule has 2 heterocycles. The molecule has 1 fully saturated rings. The number of aryl methyl sites for hydroxylation is 1. The highest BCUT2D eigenvalue weighted by atomic mass is 32.2. The maximum Gasteiger partial charge on any atom is 0.325 e. The number of aliphatic carboxylic acids is 1. The normalized spacial score (nSPS) is 20.6. The van der Waals surface area contributed by atoms with E-state index in [0.29, 0.717) is 17.9 Å². The third-order valence-corrected chi connectivity index (χ3v) is 5.74. The lowest BCUT2D eigenvalue weighted by Gasteiger charge is -2.29. The second-order valence-electron chi connectivity index (χ2n) is 5.32. The minimum Gasteiger partial charge on any atom is -0.480 e. The van der Waals surface area contributed by atoms with Gasteiger partial charge < -0.3 is 10.8 Å². The lowest BCUT2D eigenvalue weighted by molar-refractivity contribution is -0.137. The summed E-state index contributed by atoms with van der Waals surface area (Å²) in [4.78, 5) is 10.9. The molecule has 1 atom stereocenters. The highest BCUT2D eigenvalue weighted by Crippen LogP contribution is 2.25. The van der Waals surface area contributed by atoms with Crippen molar-refractivity contribution in [1.82, 2.24) is 14.1 Å². The Bertz CT molecular complexity index is 652. The number of carboxylic acid groups (broad SMARTS) is 1. The summed E-state index contributed by atoms with van der Waals surface area (Å²) in [6.45, 7) is 3.49. The van der Waals surface area contributed by atoms with E-state index in [-0.39, 0.29) is 24.0 Å². The van der Waals surface area contributed by atoms with E-state index in [2.05, 4.69) is 5.10 Å². The number of carboxylic acids is 1. The average molecular weight is 316 g/mol. The Morgan fingerprint density at radius 3 is 2.71 bits per heavy atom. The van der Waals surface area contributed by atoms with E-state index in [0.717, 1.165) is 12.8 Å². The summed E-state index contributed by atoms with van der Waals surface area (Å²) in [7, 11) is -3.69. The SMILES string of the molecule is Cc1nn(CC(=O)O)c(C)c1S(=O)(=O)N1CCCC(N)C1.